The number of urea groups is 1. The van der Waals surface area contributed by atoms with Crippen molar-refractivity contribution in [1.82, 2.24) is 5.32 Å². The van der Waals surface area contributed by atoms with E-state index in [2.05, 4.69) is 38.7 Å². The van der Waals surface area contributed by atoms with Crippen molar-refractivity contribution in [2.45, 2.75) is 58.4 Å². The molecule has 2 amide bonds. The molecule has 28 heavy (non-hydrogen) atoms. The summed E-state index contributed by atoms with van der Waals surface area (Å²) in [6.07, 6.45) is 5.74. The summed E-state index contributed by atoms with van der Waals surface area (Å²) in [7, 11) is 6.25. The lowest BCUT2D eigenvalue weighted by atomic mass is 10.2. The molecule has 1 aromatic carbocycles. The number of aliphatic carboxylic acids is 1. The zero-order valence-electron chi connectivity index (χ0n) is 18.0. The number of carboxylic acid groups (broad SMARTS) is 1. The van der Waals surface area contributed by atoms with Crippen molar-refractivity contribution in [3.63, 3.8) is 0 Å². The Kier molecular flexibility index (Phi) is 14.5. The summed E-state index contributed by atoms with van der Waals surface area (Å²) in [5.41, 5.74) is 0.614. The van der Waals surface area contributed by atoms with E-state index in [0.29, 0.717) is 12.3 Å². The Morgan fingerprint density at radius 2 is 1.64 bits per heavy atom. The number of ether oxygens (including phenoxy) is 1. The topological polar surface area (TPSA) is 94.9 Å². The van der Waals surface area contributed by atoms with Crippen LogP contribution in [0.3, 0.4) is 0 Å². The molecule has 0 saturated heterocycles. The van der Waals surface area contributed by atoms with Crippen LogP contribution in [-0.4, -0.2) is 45.8 Å². The highest BCUT2D eigenvalue weighted by molar-refractivity contribution is 5.89. The molecule has 160 valence electrons. The predicted octanol–water partition coefficient (Wildman–Crippen LogP) is 1.45. The number of hydrogen-bond donors (Lipinski definition) is 3. The van der Waals surface area contributed by atoms with Crippen LogP contribution in [0.4, 0.5) is 10.5 Å². The fourth-order valence-electron chi connectivity index (χ4n) is 2.22. The molecule has 1 rings (SSSR count). The van der Waals surface area contributed by atoms with Gasteiger partial charge in [0.05, 0.1) is 27.7 Å². The highest BCUT2D eigenvalue weighted by Crippen LogP contribution is 2.16. The second-order valence-corrected chi connectivity index (χ2v) is 7.36. The Bertz CT molecular complexity index is 544. The number of benzene rings is 1. The Balaban J connectivity index is 0.00000165. The molecule has 0 bridgehead atoms. The maximum absolute atomic E-state index is 11.7. The van der Waals surface area contributed by atoms with Gasteiger partial charge >= 0.3 is 6.03 Å². The van der Waals surface area contributed by atoms with Gasteiger partial charge in [0.1, 0.15) is 5.75 Å². The Labute approximate surface area is 169 Å². The Morgan fingerprint density at radius 1 is 1.07 bits per heavy atom. The van der Waals surface area contributed by atoms with Crippen molar-refractivity contribution in [2.24, 2.45) is 0 Å². The minimum absolute atomic E-state index is 0.224. The molecule has 1 atom stereocenters. The number of unbranched alkanes of at least 4 members (excludes halogenated alkanes) is 4. The molecule has 0 aliphatic heterocycles. The van der Waals surface area contributed by atoms with Crippen LogP contribution in [-0.2, 0) is 4.79 Å². The molecular weight excluding hydrogens is 358 g/mol. The lowest BCUT2D eigenvalue weighted by Crippen LogP contribution is -3.02. The number of carboxylic acids is 1. The molecular formula is C21H37N3O4. The average molecular weight is 396 g/mol. The van der Waals surface area contributed by atoms with Gasteiger partial charge in [0.15, 0.2) is 0 Å². The van der Waals surface area contributed by atoms with Crippen LogP contribution in [0.2, 0.25) is 0 Å². The maximum Gasteiger partial charge on any atom is 0.319 e. The van der Waals surface area contributed by atoms with Crippen LogP contribution in [0.15, 0.2) is 24.3 Å². The van der Waals surface area contributed by atoms with Gasteiger partial charge < -0.3 is 30.2 Å². The molecule has 0 spiro atoms. The van der Waals surface area contributed by atoms with Gasteiger partial charge in [-0.1, -0.05) is 32.6 Å². The highest BCUT2D eigenvalue weighted by Gasteiger charge is 2.07. The molecule has 0 saturated carbocycles. The standard InChI is InChI=1S/C18H28N2O4.C3H9N/c1-3-4-5-6-7-12-24-16-10-8-15(9-11-16)20-18(23)19-14(2)13-17(21)22;1-4(2)3/h8-11,14H,3-7,12-13H2,1-2H3,(H,21,22)(H2,19,20,23);1-3H3/t14-;/m1./s1. The lowest BCUT2D eigenvalue weighted by Gasteiger charge is -2.15. The van der Waals surface area contributed by atoms with Gasteiger partial charge in [0.25, 0.3) is 0 Å². The van der Waals surface area contributed by atoms with E-state index in [1.165, 1.54) is 30.6 Å². The fraction of sp³-hybridized carbons (Fsp3) is 0.619. The summed E-state index contributed by atoms with van der Waals surface area (Å²) in [6, 6.07) is 6.14. The van der Waals surface area contributed by atoms with Crippen LogP contribution in [0, 0.1) is 0 Å². The number of carbonyl (C=O) groups is 2. The van der Waals surface area contributed by atoms with Crippen molar-refractivity contribution in [3.05, 3.63) is 24.3 Å². The molecule has 3 N–H and O–H groups in total. The summed E-state index contributed by atoms with van der Waals surface area (Å²) >= 11 is 0. The molecule has 1 aromatic rings. The maximum atomic E-state index is 11.7. The van der Waals surface area contributed by atoms with Crippen molar-refractivity contribution >= 4 is 17.7 Å². The monoisotopic (exact) mass is 395 g/mol. The zero-order chi connectivity index (χ0) is 21.4. The summed E-state index contributed by atoms with van der Waals surface area (Å²) in [6.45, 7) is 4.49. The SMILES string of the molecule is CCCCCCCOc1ccc(NC(=O)N[C@H](C)CC(=O)[O-])cc1.C[NH+](C)C. The third-order valence-electron chi connectivity index (χ3n) is 3.48. The van der Waals surface area contributed by atoms with Crippen LogP contribution >= 0.6 is 0 Å². The molecule has 0 unspecified atom stereocenters. The normalized spacial score (nSPS) is 11.2. The quantitative estimate of drug-likeness (QED) is 0.494. The highest BCUT2D eigenvalue weighted by atomic mass is 16.5. The molecule has 0 radical (unpaired) electrons. The van der Waals surface area contributed by atoms with Gasteiger partial charge in [-0.25, -0.2) is 4.79 Å². The van der Waals surface area contributed by atoms with E-state index < -0.39 is 18.0 Å². The first-order chi connectivity index (χ1) is 13.2. The summed E-state index contributed by atoms with van der Waals surface area (Å²) in [5, 5.41) is 15.6. The molecule has 0 fully saturated rings. The van der Waals surface area contributed by atoms with Crippen LogP contribution in [0.5, 0.6) is 5.75 Å². The molecule has 7 heteroatoms. The van der Waals surface area contributed by atoms with Crippen molar-refractivity contribution in [2.75, 3.05) is 33.1 Å². The van der Waals surface area contributed by atoms with Crippen molar-refractivity contribution in [3.8, 4) is 5.75 Å². The number of carbonyl (C=O) groups excluding carboxylic acids is 2. The number of quaternary nitrogens is 1. The first-order valence-electron chi connectivity index (χ1n) is 10.0. The molecule has 0 aliphatic rings. The largest absolute Gasteiger partial charge is 0.550 e. The molecule has 7 nitrogen and oxygen atoms in total. The Hall–Kier alpha value is -2.28. The minimum Gasteiger partial charge on any atom is -0.550 e. The van der Waals surface area contributed by atoms with E-state index in [9.17, 15) is 14.7 Å². The molecule has 0 aliphatic carbocycles. The zero-order valence-corrected chi connectivity index (χ0v) is 18.0. The van der Waals surface area contributed by atoms with E-state index in [0.717, 1.165) is 12.2 Å². The number of nitrogens with one attached hydrogen (secondary N) is 3. The molecule has 0 aromatic heterocycles. The third kappa shape index (κ3) is 15.9. The van der Waals surface area contributed by atoms with Crippen LogP contribution in [0.1, 0.15) is 52.4 Å². The summed E-state index contributed by atoms with van der Waals surface area (Å²) in [5.74, 6) is -0.430. The van der Waals surface area contributed by atoms with Gasteiger partial charge in [0, 0.05) is 24.1 Å². The van der Waals surface area contributed by atoms with Crippen molar-refractivity contribution < 1.29 is 24.3 Å². The van der Waals surface area contributed by atoms with Crippen molar-refractivity contribution in [1.29, 1.82) is 0 Å². The van der Waals surface area contributed by atoms with Crippen LogP contribution < -0.4 is 25.4 Å². The van der Waals surface area contributed by atoms with E-state index in [4.69, 9.17) is 4.74 Å². The van der Waals surface area contributed by atoms with E-state index >= 15 is 0 Å². The predicted molar refractivity (Wildman–Crippen MR) is 111 cm³/mol. The first-order valence-corrected chi connectivity index (χ1v) is 10.0. The van der Waals surface area contributed by atoms with Gasteiger partial charge in [-0.15, -0.1) is 0 Å². The lowest BCUT2D eigenvalue weighted by molar-refractivity contribution is -0.836. The second-order valence-electron chi connectivity index (χ2n) is 7.36. The van der Waals surface area contributed by atoms with Gasteiger partial charge in [-0.05, 0) is 37.6 Å². The number of amides is 2. The fourth-order valence-corrected chi connectivity index (χ4v) is 2.22. The molecule has 0 heterocycles. The van der Waals surface area contributed by atoms with Crippen LogP contribution in [0.25, 0.3) is 0 Å². The third-order valence-corrected chi connectivity index (χ3v) is 3.48. The number of hydrogen-bond acceptors (Lipinski definition) is 4. The summed E-state index contributed by atoms with van der Waals surface area (Å²) in [4.78, 5) is 23.6. The average Bonchev–Trinajstić information content (AvgIpc) is 2.58. The van der Waals surface area contributed by atoms with Gasteiger partial charge in [-0.2, -0.15) is 0 Å². The smallest absolute Gasteiger partial charge is 0.319 e. The number of anilines is 1. The van der Waals surface area contributed by atoms with Gasteiger partial charge in [-0.3, -0.25) is 0 Å². The summed E-state index contributed by atoms with van der Waals surface area (Å²) < 4.78 is 5.65. The first kappa shape index (κ1) is 25.7. The van der Waals surface area contributed by atoms with E-state index in [1.54, 1.807) is 31.2 Å². The van der Waals surface area contributed by atoms with E-state index in [1.807, 2.05) is 0 Å². The minimum atomic E-state index is -1.20. The van der Waals surface area contributed by atoms with Gasteiger partial charge in [0.2, 0.25) is 0 Å². The Morgan fingerprint density at radius 3 is 2.18 bits per heavy atom. The second kappa shape index (κ2) is 15.7. The van der Waals surface area contributed by atoms with E-state index in [-0.39, 0.29) is 6.42 Å². The number of rotatable bonds is 11.